The molecule has 0 amide bonds. The molecule has 1 saturated heterocycles. The molecular weight excluding hydrogens is 424 g/mol. The lowest BCUT2D eigenvalue weighted by Gasteiger charge is -2.41. The minimum Gasteiger partial charge on any atom is -0.472 e. The maximum atomic E-state index is 9.84. The molecule has 3 rings (SSSR count). The van der Waals surface area contributed by atoms with Crippen molar-refractivity contribution < 1.29 is 28.5 Å². The largest absolute Gasteiger partial charge is 0.472 e. The first kappa shape index (κ1) is 25.8. The average molecular weight is 469 g/mol. The van der Waals surface area contributed by atoms with Crippen molar-refractivity contribution in [3.8, 4) is 0 Å². The Bertz CT molecular complexity index is 695. The highest BCUT2D eigenvalue weighted by atomic mass is 28.4. The van der Waals surface area contributed by atoms with Crippen LogP contribution in [0.3, 0.4) is 0 Å². The van der Waals surface area contributed by atoms with Crippen molar-refractivity contribution in [1.82, 2.24) is 0 Å². The van der Waals surface area contributed by atoms with E-state index in [9.17, 15) is 5.11 Å². The first-order chi connectivity index (χ1) is 15.1. The molecule has 2 aliphatic heterocycles. The molecule has 0 spiro atoms. The van der Waals surface area contributed by atoms with E-state index < -0.39 is 8.32 Å². The molecule has 2 fully saturated rings. The summed E-state index contributed by atoms with van der Waals surface area (Å²) in [6, 6.07) is 0. The van der Waals surface area contributed by atoms with Crippen LogP contribution in [0.4, 0.5) is 0 Å². The molecule has 0 aromatic carbocycles. The summed E-state index contributed by atoms with van der Waals surface area (Å²) in [6.45, 7) is 16.5. The van der Waals surface area contributed by atoms with Gasteiger partial charge in [0.15, 0.2) is 14.6 Å². The zero-order chi connectivity index (χ0) is 23.5. The second-order valence-electron chi connectivity index (χ2n) is 11.0. The second kappa shape index (κ2) is 10.6. The number of aliphatic hydroxyl groups excluding tert-OH is 1. The van der Waals surface area contributed by atoms with Gasteiger partial charge in [-0.3, -0.25) is 0 Å². The van der Waals surface area contributed by atoms with Crippen molar-refractivity contribution in [2.24, 2.45) is 11.8 Å². The van der Waals surface area contributed by atoms with Crippen LogP contribution in [-0.2, 0) is 23.4 Å². The lowest BCUT2D eigenvalue weighted by molar-refractivity contribution is -0.122. The summed E-state index contributed by atoms with van der Waals surface area (Å²) in [5.41, 5.74) is 2.50. The molecule has 0 aromatic heterocycles. The number of ether oxygens (including phenoxy) is 4. The van der Waals surface area contributed by atoms with Crippen LogP contribution >= 0.6 is 0 Å². The number of hydrogen-bond donors (Lipinski definition) is 1. The second-order valence-corrected chi connectivity index (χ2v) is 15.7. The number of fused-ring (bicyclic) bond motifs is 1. The Hall–Kier alpha value is -0.863. The van der Waals surface area contributed by atoms with Gasteiger partial charge in [0.05, 0.1) is 12.4 Å². The molecule has 32 heavy (non-hydrogen) atoms. The van der Waals surface area contributed by atoms with Gasteiger partial charge in [-0.2, -0.15) is 0 Å². The lowest BCUT2D eigenvalue weighted by Crippen LogP contribution is -2.46. The SMILES string of the molecule is CCO[C@H]1C[C@H]2CCC/C(=C3\COC(C[C@H](O[Si](C)(C)C(C)(C)C)[C@@H](C)CO)O3)C2=CO1. The molecule has 1 N–H and O–H groups in total. The molecule has 1 aliphatic carbocycles. The smallest absolute Gasteiger partial charge is 0.202 e. The Balaban J connectivity index is 1.70. The predicted octanol–water partition coefficient (Wildman–Crippen LogP) is 5.49. The summed E-state index contributed by atoms with van der Waals surface area (Å²) in [7, 11) is -1.98. The first-order valence-electron chi connectivity index (χ1n) is 12.3. The third-order valence-corrected chi connectivity index (χ3v) is 12.1. The molecular formula is C25H44O6Si. The molecule has 1 saturated carbocycles. The molecule has 0 radical (unpaired) electrons. The predicted molar refractivity (Wildman–Crippen MR) is 127 cm³/mol. The highest BCUT2D eigenvalue weighted by Crippen LogP contribution is 2.43. The van der Waals surface area contributed by atoms with Crippen molar-refractivity contribution in [2.45, 2.75) is 104 Å². The van der Waals surface area contributed by atoms with Gasteiger partial charge < -0.3 is 28.5 Å². The summed E-state index contributed by atoms with van der Waals surface area (Å²) in [4.78, 5) is 0. The molecule has 1 unspecified atom stereocenters. The van der Waals surface area contributed by atoms with Gasteiger partial charge in [0.2, 0.25) is 6.29 Å². The van der Waals surface area contributed by atoms with Crippen LogP contribution < -0.4 is 0 Å². The van der Waals surface area contributed by atoms with E-state index in [-0.39, 0.29) is 36.2 Å². The van der Waals surface area contributed by atoms with Gasteiger partial charge in [-0.1, -0.05) is 27.7 Å². The van der Waals surface area contributed by atoms with Crippen LogP contribution in [0.1, 0.15) is 66.7 Å². The lowest BCUT2D eigenvalue weighted by atomic mass is 9.78. The van der Waals surface area contributed by atoms with E-state index in [4.69, 9.17) is 23.4 Å². The summed E-state index contributed by atoms with van der Waals surface area (Å²) in [5, 5.41) is 9.94. The Labute approximate surface area is 195 Å². The molecule has 0 aromatic rings. The van der Waals surface area contributed by atoms with E-state index >= 15 is 0 Å². The van der Waals surface area contributed by atoms with E-state index in [1.54, 1.807) is 0 Å². The van der Waals surface area contributed by atoms with Crippen LogP contribution in [0.2, 0.25) is 18.1 Å². The topological polar surface area (TPSA) is 66.4 Å². The minimum atomic E-state index is -1.98. The Morgan fingerprint density at radius 3 is 2.69 bits per heavy atom. The standard InChI is InChI=1S/C25H44O6Si/c1-8-27-23-12-18-10-9-11-19(20(18)15-28-23)22-16-29-24(30-22)13-21(17(2)14-26)31-32(6,7)25(3,4)5/h15,17-18,21,23-24,26H,8-14,16H2,1-7H3/b22-19-/t17-,18+,21-,23+,24?/m0/s1. The van der Waals surface area contributed by atoms with E-state index in [0.717, 1.165) is 31.4 Å². The Morgan fingerprint density at radius 1 is 1.28 bits per heavy atom. The van der Waals surface area contributed by atoms with Crippen LogP contribution in [-0.4, -0.2) is 51.9 Å². The maximum Gasteiger partial charge on any atom is 0.202 e. The third kappa shape index (κ3) is 5.97. The Morgan fingerprint density at radius 2 is 2.03 bits per heavy atom. The van der Waals surface area contributed by atoms with Crippen molar-refractivity contribution in [2.75, 3.05) is 19.8 Å². The molecule has 7 heteroatoms. The zero-order valence-electron chi connectivity index (χ0n) is 21.1. The van der Waals surface area contributed by atoms with Crippen molar-refractivity contribution >= 4 is 8.32 Å². The summed E-state index contributed by atoms with van der Waals surface area (Å²) in [6.07, 6.45) is 6.13. The molecule has 6 nitrogen and oxygen atoms in total. The normalized spacial score (nSPS) is 30.8. The van der Waals surface area contributed by atoms with Gasteiger partial charge in [0.1, 0.15) is 12.4 Å². The van der Waals surface area contributed by atoms with E-state index in [1.165, 1.54) is 11.1 Å². The molecule has 184 valence electrons. The maximum absolute atomic E-state index is 9.84. The fourth-order valence-electron chi connectivity index (χ4n) is 4.44. The van der Waals surface area contributed by atoms with Crippen molar-refractivity contribution in [3.63, 3.8) is 0 Å². The monoisotopic (exact) mass is 468 g/mol. The van der Waals surface area contributed by atoms with Crippen molar-refractivity contribution in [3.05, 3.63) is 23.2 Å². The molecule has 0 bridgehead atoms. The average Bonchev–Trinajstić information content (AvgIpc) is 3.19. The third-order valence-electron chi connectivity index (χ3n) is 7.55. The van der Waals surface area contributed by atoms with E-state index in [0.29, 0.717) is 25.6 Å². The van der Waals surface area contributed by atoms with Gasteiger partial charge >= 0.3 is 0 Å². The van der Waals surface area contributed by atoms with E-state index in [2.05, 4.69) is 33.9 Å². The Kier molecular flexibility index (Phi) is 8.53. The number of rotatable bonds is 8. The van der Waals surface area contributed by atoms with Crippen LogP contribution in [0.5, 0.6) is 0 Å². The highest BCUT2D eigenvalue weighted by molar-refractivity contribution is 6.74. The van der Waals surface area contributed by atoms with Gasteiger partial charge in [0, 0.05) is 32.0 Å². The van der Waals surface area contributed by atoms with Crippen LogP contribution in [0.15, 0.2) is 23.2 Å². The van der Waals surface area contributed by atoms with Gasteiger partial charge in [-0.05, 0) is 61.4 Å². The van der Waals surface area contributed by atoms with Gasteiger partial charge in [0.25, 0.3) is 0 Å². The summed E-state index contributed by atoms with van der Waals surface area (Å²) < 4.78 is 30.6. The van der Waals surface area contributed by atoms with Crippen molar-refractivity contribution in [1.29, 1.82) is 0 Å². The summed E-state index contributed by atoms with van der Waals surface area (Å²) in [5.74, 6) is 1.42. The minimum absolute atomic E-state index is 0.0250. The number of allylic oxidation sites excluding steroid dienone is 2. The molecule has 3 aliphatic rings. The number of hydrogen-bond acceptors (Lipinski definition) is 6. The fourth-order valence-corrected chi connectivity index (χ4v) is 5.88. The van der Waals surface area contributed by atoms with E-state index in [1.807, 2.05) is 20.1 Å². The number of aliphatic hydroxyl groups is 1. The summed E-state index contributed by atoms with van der Waals surface area (Å²) >= 11 is 0. The zero-order valence-corrected chi connectivity index (χ0v) is 22.1. The van der Waals surface area contributed by atoms with Crippen LogP contribution in [0.25, 0.3) is 0 Å². The van der Waals surface area contributed by atoms with Gasteiger partial charge in [-0.15, -0.1) is 0 Å². The first-order valence-corrected chi connectivity index (χ1v) is 15.2. The van der Waals surface area contributed by atoms with Crippen LogP contribution in [0, 0.1) is 11.8 Å². The van der Waals surface area contributed by atoms with Gasteiger partial charge in [-0.25, -0.2) is 0 Å². The quantitative estimate of drug-likeness (QED) is 0.475. The molecule has 5 atom stereocenters. The fraction of sp³-hybridized carbons (Fsp3) is 0.840. The highest BCUT2D eigenvalue weighted by Gasteiger charge is 2.42. The molecule has 2 heterocycles.